The van der Waals surface area contributed by atoms with E-state index in [-0.39, 0.29) is 45.8 Å². The summed E-state index contributed by atoms with van der Waals surface area (Å²) in [6, 6.07) is 7.67. The van der Waals surface area contributed by atoms with Gasteiger partial charge in [-0.3, -0.25) is 13.9 Å². The molecule has 4 rings (SSSR count). The van der Waals surface area contributed by atoms with Crippen LogP contribution in [0, 0.1) is 11.3 Å². The van der Waals surface area contributed by atoms with Gasteiger partial charge in [-0.15, -0.1) is 0 Å². The summed E-state index contributed by atoms with van der Waals surface area (Å²) in [6.45, 7) is 0. The molecule has 3 amide bonds. The van der Waals surface area contributed by atoms with Crippen molar-refractivity contribution in [2.45, 2.75) is 30.0 Å². The highest BCUT2D eigenvalue weighted by Crippen LogP contribution is 2.47. The molecule has 0 saturated carbocycles. The summed E-state index contributed by atoms with van der Waals surface area (Å²) in [5.74, 6) is -0.425. The number of anilines is 1. The van der Waals surface area contributed by atoms with Crippen LogP contribution < -0.4 is 4.90 Å². The van der Waals surface area contributed by atoms with E-state index in [0.717, 1.165) is 30.2 Å². The molecule has 2 atom stereocenters. The van der Waals surface area contributed by atoms with E-state index in [0.29, 0.717) is 4.90 Å². The third-order valence-electron chi connectivity index (χ3n) is 5.95. The first-order valence-corrected chi connectivity index (χ1v) is 12.1. The summed E-state index contributed by atoms with van der Waals surface area (Å²) in [7, 11) is -0.673. The van der Waals surface area contributed by atoms with E-state index in [1.807, 2.05) is 6.07 Å². The Balaban J connectivity index is 2.00. The third-order valence-corrected chi connectivity index (χ3v) is 6.92. The minimum absolute atomic E-state index is 0.00817. The molecule has 0 radical (unpaired) electrons. The fraction of sp³-hybridized carbons (Fsp3) is 0.250. The van der Waals surface area contributed by atoms with Gasteiger partial charge < -0.3 is 4.74 Å². The Morgan fingerprint density at radius 2 is 1.89 bits per heavy atom. The van der Waals surface area contributed by atoms with Gasteiger partial charge in [0.25, 0.3) is 0 Å². The highest BCUT2D eigenvalue weighted by Gasteiger charge is 2.50. The number of alkyl halides is 3. The molecule has 1 aliphatic carbocycles. The van der Waals surface area contributed by atoms with Crippen LogP contribution in [-0.4, -0.2) is 40.4 Å². The number of Topliss-reactive ketones (excluding diaryl/α,β-unsaturated/α-hetero) is 1. The largest absolute Gasteiger partial charge is 0.452 e. The molecular formula is C24H18F3N3O5S. The van der Waals surface area contributed by atoms with Gasteiger partial charge in [-0.25, -0.2) is 14.5 Å². The highest BCUT2D eigenvalue weighted by molar-refractivity contribution is 7.84. The zero-order valence-corrected chi connectivity index (χ0v) is 19.8. The molecule has 2 aromatic carbocycles. The molecule has 0 N–H and O–H groups in total. The Morgan fingerprint density at radius 1 is 1.17 bits per heavy atom. The van der Waals surface area contributed by atoms with Gasteiger partial charge in [-0.2, -0.15) is 18.4 Å². The number of nitriles is 1. The van der Waals surface area contributed by atoms with Crippen LogP contribution in [0.2, 0.25) is 0 Å². The van der Waals surface area contributed by atoms with Gasteiger partial charge in [0.2, 0.25) is 0 Å². The Kier molecular flexibility index (Phi) is 6.44. The summed E-state index contributed by atoms with van der Waals surface area (Å²) in [5.41, 5.74) is -0.695. The summed E-state index contributed by atoms with van der Waals surface area (Å²) in [4.78, 5) is 41.3. The molecule has 2 aliphatic rings. The standard InChI is InChI=1S/C24H18F3N3O5S/c1-35-23(33)30-21(16-7-6-13(12-28)10-19(16)36(2)34)20-17(8-9-18(20)31)29(22(30)32)15-5-3-4-14(11-15)24(25,26)27/h3-7,10-11,21H,8-9H2,1-2H3/t21-,36?/m1/s1. The number of carbonyl (C=O) groups is 3. The van der Waals surface area contributed by atoms with E-state index < -0.39 is 46.5 Å². The lowest BCUT2D eigenvalue weighted by atomic mass is 9.92. The molecule has 0 fully saturated rings. The van der Waals surface area contributed by atoms with Gasteiger partial charge >= 0.3 is 18.3 Å². The maximum atomic E-state index is 13.7. The van der Waals surface area contributed by atoms with Gasteiger partial charge in [-0.1, -0.05) is 12.1 Å². The maximum absolute atomic E-state index is 13.7. The van der Waals surface area contributed by atoms with Crippen molar-refractivity contribution in [3.05, 3.63) is 70.4 Å². The molecule has 8 nitrogen and oxygen atoms in total. The summed E-state index contributed by atoms with van der Waals surface area (Å²) < 4.78 is 57.5. The number of urea groups is 1. The number of imide groups is 1. The van der Waals surface area contributed by atoms with E-state index in [1.54, 1.807) is 0 Å². The molecule has 186 valence electrons. The summed E-state index contributed by atoms with van der Waals surface area (Å²) in [6.07, 6.45) is -4.51. The fourth-order valence-electron chi connectivity index (χ4n) is 4.41. The van der Waals surface area contributed by atoms with Crippen molar-refractivity contribution in [2.24, 2.45) is 0 Å². The van der Waals surface area contributed by atoms with E-state index in [9.17, 15) is 37.0 Å². The zero-order chi connectivity index (χ0) is 26.4. The first-order chi connectivity index (χ1) is 17.0. The molecule has 12 heteroatoms. The number of ketones is 1. The number of hydrogen-bond acceptors (Lipinski definition) is 6. The molecule has 0 spiro atoms. The second-order valence-electron chi connectivity index (χ2n) is 8.01. The number of methoxy groups -OCH3 is 1. The van der Waals surface area contributed by atoms with E-state index >= 15 is 0 Å². The fourth-order valence-corrected chi connectivity index (χ4v) is 5.21. The average molecular weight is 517 g/mol. The van der Waals surface area contributed by atoms with Crippen LogP contribution in [-0.2, 0) is 26.5 Å². The first kappa shape index (κ1) is 25.1. The van der Waals surface area contributed by atoms with Crippen molar-refractivity contribution >= 4 is 34.4 Å². The molecule has 2 aromatic rings. The number of rotatable bonds is 3. The molecule has 1 unspecified atom stereocenters. The second-order valence-corrected chi connectivity index (χ2v) is 9.36. The van der Waals surface area contributed by atoms with Crippen molar-refractivity contribution < 1.29 is 36.5 Å². The van der Waals surface area contributed by atoms with Crippen LogP contribution in [0.25, 0.3) is 0 Å². The van der Waals surface area contributed by atoms with Crippen LogP contribution in [0.1, 0.15) is 35.6 Å². The number of benzene rings is 2. The van der Waals surface area contributed by atoms with Gasteiger partial charge in [0.1, 0.15) is 6.04 Å². The zero-order valence-electron chi connectivity index (χ0n) is 19.0. The summed E-state index contributed by atoms with van der Waals surface area (Å²) in [5, 5.41) is 9.26. The van der Waals surface area contributed by atoms with Crippen LogP contribution in [0.5, 0.6) is 0 Å². The van der Waals surface area contributed by atoms with E-state index in [2.05, 4.69) is 0 Å². The molecule has 36 heavy (non-hydrogen) atoms. The van der Waals surface area contributed by atoms with Crippen LogP contribution >= 0.6 is 0 Å². The van der Waals surface area contributed by atoms with Crippen molar-refractivity contribution in [1.82, 2.24) is 4.90 Å². The number of nitrogens with zero attached hydrogens (tertiary/aromatic N) is 3. The number of allylic oxidation sites excluding steroid dienone is 1. The lowest BCUT2D eigenvalue weighted by Gasteiger charge is -2.40. The van der Waals surface area contributed by atoms with Crippen molar-refractivity contribution in [3.8, 4) is 6.07 Å². The Hall–Kier alpha value is -3.98. The average Bonchev–Trinajstić information content (AvgIpc) is 3.22. The van der Waals surface area contributed by atoms with Gasteiger partial charge in [-0.05, 0) is 42.3 Å². The van der Waals surface area contributed by atoms with E-state index in [1.165, 1.54) is 30.5 Å². The molecule has 0 saturated heterocycles. The second kappa shape index (κ2) is 9.23. The Morgan fingerprint density at radius 3 is 2.50 bits per heavy atom. The predicted octanol–water partition coefficient (Wildman–Crippen LogP) is 4.68. The molecular weight excluding hydrogens is 499 g/mol. The quantitative estimate of drug-likeness (QED) is 0.585. The van der Waals surface area contributed by atoms with Crippen LogP contribution in [0.15, 0.2) is 58.6 Å². The normalized spacial score (nSPS) is 18.7. The van der Waals surface area contributed by atoms with Crippen LogP contribution in [0.4, 0.5) is 28.4 Å². The molecule has 0 aromatic heterocycles. The number of carbonyl (C=O) groups excluding carboxylic acids is 3. The highest BCUT2D eigenvalue weighted by atomic mass is 32.2. The van der Waals surface area contributed by atoms with Crippen LogP contribution in [0.3, 0.4) is 0 Å². The summed E-state index contributed by atoms with van der Waals surface area (Å²) >= 11 is 0. The smallest absolute Gasteiger partial charge is 0.418 e. The Bertz CT molecular complexity index is 1400. The van der Waals surface area contributed by atoms with E-state index in [4.69, 9.17) is 4.74 Å². The minimum atomic E-state index is -4.69. The predicted molar refractivity (Wildman–Crippen MR) is 121 cm³/mol. The lowest BCUT2D eigenvalue weighted by Crippen LogP contribution is -2.52. The van der Waals surface area contributed by atoms with Crippen molar-refractivity contribution in [1.29, 1.82) is 5.26 Å². The van der Waals surface area contributed by atoms with Gasteiger partial charge in [0.05, 0.1) is 40.8 Å². The molecule has 0 bridgehead atoms. The number of ether oxygens (including phenoxy) is 1. The van der Waals surface area contributed by atoms with Crippen molar-refractivity contribution in [2.75, 3.05) is 18.3 Å². The SMILES string of the molecule is COC(=O)N1C(=O)N(c2cccc(C(F)(F)F)c2)C2=C(C(=O)CC2)[C@H]1c1ccc(C#N)cc1S(C)=O. The number of hydrogen-bond donors (Lipinski definition) is 0. The Labute approximate surface area is 206 Å². The number of halogens is 3. The van der Waals surface area contributed by atoms with Gasteiger partial charge in [0, 0.05) is 28.8 Å². The van der Waals surface area contributed by atoms with Gasteiger partial charge in [0.15, 0.2) is 5.78 Å². The first-order valence-electron chi connectivity index (χ1n) is 10.5. The number of amides is 3. The van der Waals surface area contributed by atoms with Crippen molar-refractivity contribution in [3.63, 3.8) is 0 Å². The monoisotopic (exact) mass is 517 g/mol. The third kappa shape index (κ3) is 4.15. The topological polar surface area (TPSA) is 108 Å². The minimum Gasteiger partial charge on any atom is -0.452 e. The maximum Gasteiger partial charge on any atom is 0.418 e. The molecule has 1 aliphatic heterocycles. The lowest BCUT2D eigenvalue weighted by molar-refractivity contribution is -0.137. The molecule has 1 heterocycles.